The number of carboxylic acid groups (broad SMARTS) is 1. The first-order chi connectivity index (χ1) is 14.7. The van der Waals surface area contributed by atoms with Gasteiger partial charge in [-0.25, -0.2) is 4.98 Å². The van der Waals surface area contributed by atoms with Crippen LogP contribution in [0.4, 0.5) is 18.9 Å². The van der Waals surface area contributed by atoms with Crippen molar-refractivity contribution in [3.63, 3.8) is 0 Å². The number of carbonyl (C=O) groups excluding carboxylic acids is 1. The van der Waals surface area contributed by atoms with Crippen LogP contribution in [0.2, 0.25) is 0 Å². The maximum absolute atomic E-state index is 12.8. The summed E-state index contributed by atoms with van der Waals surface area (Å²) in [6.45, 7) is 0. The van der Waals surface area contributed by atoms with Crippen molar-refractivity contribution in [2.75, 3.05) is 5.32 Å². The molecular weight excluding hydrogens is 413 g/mol. The van der Waals surface area contributed by atoms with E-state index in [4.69, 9.17) is 5.11 Å². The monoisotopic (exact) mass is 432 g/mol. The molecule has 1 fully saturated rings. The van der Waals surface area contributed by atoms with Crippen LogP contribution in [-0.2, 0) is 11.0 Å². The van der Waals surface area contributed by atoms with Gasteiger partial charge in [-0.3, -0.25) is 14.3 Å². The van der Waals surface area contributed by atoms with Crippen LogP contribution in [0.15, 0.2) is 42.6 Å². The highest BCUT2D eigenvalue weighted by atomic mass is 19.4. The molecule has 0 spiro atoms. The van der Waals surface area contributed by atoms with Crippen molar-refractivity contribution in [1.82, 2.24) is 14.8 Å². The number of fused-ring (bicyclic) bond motifs is 1. The summed E-state index contributed by atoms with van der Waals surface area (Å²) in [6, 6.07) is 8.28. The number of nitrogens with one attached hydrogen (secondary N) is 1. The Balaban J connectivity index is 1.49. The Bertz CT molecular complexity index is 1130. The van der Waals surface area contributed by atoms with Crippen LogP contribution in [0.3, 0.4) is 0 Å². The highest BCUT2D eigenvalue weighted by Crippen LogP contribution is 2.33. The molecule has 1 aromatic carbocycles. The number of anilines is 1. The fraction of sp³-hybridized carbons (Fsp3) is 0.333. The highest BCUT2D eigenvalue weighted by Gasteiger charge is 2.33. The number of aromatic nitrogens is 3. The van der Waals surface area contributed by atoms with E-state index in [0.29, 0.717) is 24.0 Å². The van der Waals surface area contributed by atoms with Crippen LogP contribution in [0.1, 0.15) is 47.9 Å². The summed E-state index contributed by atoms with van der Waals surface area (Å²) in [6.07, 6.45) is -0.165. The van der Waals surface area contributed by atoms with Crippen LogP contribution in [0.25, 0.3) is 10.9 Å². The van der Waals surface area contributed by atoms with E-state index in [1.54, 1.807) is 18.2 Å². The van der Waals surface area contributed by atoms with E-state index >= 15 is 0 Å². The Kier molecular flexibility index (Phi) is 5.38. The molecule has 1 aliphatic carbocycles. The summed E-state index contributed by atoms with van der Waals surface area (Å²) in [4.78, 5) is 26.9. The maximum atomic E-state index is 12.8. The van der Waals surface area contributed by atoms with E-state index in [9.17, 15) is 22.8 Å². The van der Waals surface area contributed by atoms with Crippen molar-refractivity contribution in [3.05, 3.63) is 54.0 Å². The third-order valence-electron chi connectivity index (χ3n) is 5.47. The molecule has 1 saturated carbocycles. The van der Waals surface area contributed by atoms with Gasteiger partial charge in [0.2, 0.25) is 0 Å². The molecule has 0 bridgehead atoms. The number of carbonyl (C=O) groups is 2. The van der Waals surface area contributed by atoms with Crippen LogP contribution in [-0.4, -0.2) is 31.7 Å². The highest BCUT2D eigenvalue weighted by molar-refractivity contribution is 6.03. The van der Waals surface area contributed by atoms with E-state index in [1.807, 2.05) is 10.9 Å². The summed E-state index contributed by atoms with van der Waals surface area (Å²) in [5.41, 5.74) is -0.350. The fourth-order valence-corrected chi connectivity index (χ4v) is 3.81. The van der Waals surface area contributed by atoms with E-state index in [1.165, 1.54) is 6.07 Å². The summed E-state index contributed by atoms with van der Waals surface area (Å²) < 4.78 is 40.3. The van der Waals surface area contributed by atoms with Crippen molar-refractivity contribution < 1.29 is 27.9 Å². The molecule has 0 unspecified atom stereocenters. The number of halogens is 3. The molecule has 162 valence electrons. The van der Waals surface area contributed by atoms with Gasteiger partial charge in [0, 0.05) is 17.3 Å². The summed E-state index contributed by atoms with van der Waals surface area (Å²) in [5, 5.41) is 17.0. The Labute approximate surface area is 174 Å². The topological polar surface area (TPSA) is 97.1 Å². The van der Waals surface area contributed by atoms with Crippen LogP contribution in [0, 0.1) is 5.92 Å². The first kappa shape index (κ1) is 20.8. The van der Waals surface area contributed by atoms with E-state index < -0.39 is 23.7 Å². The van der Waals surface area contributed by atoms with E-state index in [2.05, 4.69) is 15.4 Å². The number of nitrogens with zero attached hydrogens (tertiary/aromatic N) is 3. The number of carboxylic acids is 1. The molecule has 0 saturated heterocycles. The second kappa shape index (κ2) is 8.01. The van der Waals surface area contributed by atoms with Crippen molar-refractivity contribution in [3.8, 4) is 0 Å². The molecule has 2 heterocycles. The van der Waals surface area contributed by atoms with Crippen molar-refractivity contribution >= 4 is 28.5 Å². The van der Waals surface area contributed by atoms with Crippen LogP contribution >= 0.6 is 0 Å². The second-order valence-electron chi connectivity index (χ2n) is 7.59. The quantitative estimate of drug-likeness (QED) is 0.632. The Morgan fingerprint density at radius 1 is 1.10 bits per heavy atom. The maximum Gasteiger partial charge on any atom is 0.433 e. The molecule has 3 aromatic rings. The number of pyridine rings is 1. The fourth-order valence-electron chi connectivity index (χ4n) is 3.81. The zero-order chi connectivity index (χ0) is 22.2. The third-order valence-corrected chi connectivity index (χ3v) is 5.47. The van der Waals surface area contributed by atoms with Crippen molar-refractivity contribution in [2.45, 2.75) is 37.9 Å². The van der Waals surface area contributed by atoms with Gasteiger partial charge in [0.15, 0.2) is 0 Å². The average Bonchev–Trinajstić information content (AvgIpc) is 3.16. The molecule has 7 nitrogen and oxygen atoms in total. The average molecular weight is 432 g/mol. The SMILES string of the molecule is O=C(Nc1ccc2nn([C@H]3CC[C@H](C(=O)O)CC3)cc2c1)c1cccc(C(F)(F)F)n1. The molecule has 1 aliphatic rings. The summed E-state index contributed by atoms with van der Waals surface area (Å²) >= 11 is 0. The summed E-state index contributed by atoms with van der Waals surface area (Å²) in [7, 11) is 0. The van der Waals surface area contributed by atoms with Crippen molar-refractivity contribution in [1.29, 1.82) is 0 Å². The van der Waals surface area contributed by atoms with Gasteiger partial charge in [-0.1, -0.05) is 6.07 Å². The number of amides is 1. The van der Waals surface area contributed by atoms with Crippen molar-refractivity contribution in [2.24, 2.45) is 5.92 Å². The Morgan fingerprint density at radius 2 is 1.84 bits per heavy atom. The number of hydrogen-bond donors (Lipinski definition) is 2. The number of aliphatic carboxylic acids is 1. The number of alkyl halides is 3. The first-order valence-electron chi connectivity index (χ1n) is 9.78. The van der Waals surface area contributed by atoms with Gasteiger partial charge >= 0.3 is 12.1 Å². The Morgan fingerprint density at radius 3 is 2.52 bits per heavy atom. The zero-order valence-corrected chi connectivity index (χ0v) is 16.3. The molecular formula is C21H19F3N4O3. The van der Waals surface area contributed by atoms with Gasteiger partial charge in [-0.15, -0.1) is 0 Å². The minimum Gasteiger partial charge on any atom is -0.481 e. The van der Waals surface area contributed by atoms with Gasteiger partial charge in [-0.2, -0.15) is 18.3 Å². The zero-order valence-electron chi connectivity index (χ0n) is 16.3. The van der Waals surface area contributed by atoms with Crippen LogP contribution in [0.5, 0.6) is 0 Å². The second-order valence-corrected chi connectivity index (χ2v) is 7.59. The van der Waals surface area contributed by atoms with Gasteiger partial charge in [0.1, 0.15) is 11.4 Å². The largest absolute Gasteiger partial charge is 0.481 e. The molecule has 0 radical (unpaired) electrons. The smallest absolute Gasteiger partial charge is 0.433 e. The predicted molar refractivity (Wildman–Crippen MR) is 106 cm³/mol. The van der Waals surface area contributed by atoms with E-state index in [-0.39, 0.29) is 17.7 Å². The predicted octanol–water partition coefficient (Wildman–Crippen LogP) is 4.52. The standard InChI is InChI=1S/C21H19F3N4O3/c22-21(23,24)18-3-1-2-17(26-18)19(29)25-14-6-9-16-13(10-14)11-28(27-16)15-7-4-12(5-8-15)20(30)31/h1-3,6,9-12,15H,4-5,7-8H2,(H,25,29)(H,30,31)/t12-,15-. The lowest BCUT2D eigenvalue weighted by atomic mass is 9.86. The van der Waals surface area contributed by atoms with Gasteiger partial charge in [0.25, 0.3) is 5.91 Å². The third kappa shape index (κ3) is 4.52. The lowest BCUT2D eigenvalue weighted by molar-refractivity contribution is -0.143. The molecule has 2 N–H and O–H groups in total. The lowest BCUT2D eigenvalue weighted by Gasteiger charge is -2.26. The minimum atomic E-state index is -4.63. The van der Waals surface area contributed by atoms with Crippen LogP contribution < -0.4 is 5.32 Å². The molecule has 2 aromatic heterocycles. The molecule has 4 rings (SSSR count). The number of hydrogen-bond acceptors (Lipinski definition) is 4. The number of rotatable bonds is 4. The minimum absolute atomic E-state index is 0.107. The molecule has 10 heteroatoms. The molecule has 31 heavy (non-hydrogen) atoms. The lowest BCUT2D eigenvalue weighted by Crippen LogP contribution is -2.23. The Hall–Kier alpha value is -3.43. The normalized spacial score (nSPS) is 19.3. The molecule has 1 amide bonds. The van der Waals surface area contributed by atoms with E-state index in [0.717, 1.165) is 30.4 Å². The first-order valence-corrected chi connectivity index (χ1v) is 9.78. The van der Waals surface area contributed by atoms with Gasteiger partial charge in [-0.05, 0) is 56.0 Å². The van der Waals surface area contributed by atoms with Gasteiger partial charge < -0.3 is 10.4 Å². The number of benzene rings is 1. The molecule has 0 atom stereocenters. The molecule has 0 aliphatic heterocycles. The van der Waals surface area contributed by atoms with Gasteiger partial charge in [0.05, 0.1) is 17.5 Å². The summed E-state index contributed by atoms with van der Waals surface area (Å²) in [5.74, 6) is -1.82.